The van der Waals surface area contributed by atoms with Gasteiger partial charge in [-0.05, 0) is 24.6 Å². The number of aromatic nitrogens is 2. The Bertz CT molecular complexity index is 685. The summed E-state index contributed by atoms with van der Waals surface area (Å²) >= 11 is 0. The first-order chi connectivity index (χ1) is 8.60. The summed E-state index contributed by atoms with van der Waals surface area (Å²) in [5.41, 5.74) is 1.12. The van der Waals surface area contributed by atoms with Gasteiger partial charge in [0.15, 0.2) is 0 Å². The van der Waals surface area contributed by atoms with Crippen molar-refractivity contribution >= 4 is 0 Å². The van der Waals surface area contributed by atoms with Gasteiger partial charge in [0.2, 0.25) is 0 Å². The van der Waals surface area contributed by atoms with Crippen LogP contribution in [0.3, 0.4) is 0 Å². The smallest absolute Gasteiger partial charge is 0.253 e. The number of nitriles is 1. The van der Waals surface area contributed by atoms with Gasteiger partial charge < -0.3 is 0 Å². The van der Waals surface area contributed by atoms with Gasteiger partial charge in [-0.25, -0.2) is 9.37 Å². The highest BCUT2D eigenvalue weighted by Crippen LogP contribution is 2.10. The fourth-order valence-corrected chi connectivity index (χ4v) is 1.59. The molecule has 4 nitrogen and oxygen atoms in total. The molecule has 0 bridgehead atoms. The van der Waals surface area contributed by atoms with E-state index in [4.69, 9.17) is 5.26 Å². The molecule has 18 heavy (non-hydrogen) atoms. The highest BCUT2D eigenvalue weighted by Gasteiger charge is 2.04. The lowest BCUT2D eigenvalue weighted by atomic mass is 10.1. The Hall–Kier alpha value is -2.48. The number of halogens is 1. The third-order valence-corrected chi connectivity index (χ3v) is 2.52. The van der Waals surface area contributed by atoms with Crippen LogP contribution in [0.4, 0.5) is 4.39 Å². The molecule has 0 radical (unpaired) electrons. The lowest BCUT2D eigenvalue weighted by Gasteiger charge is -2.06. The van der Waals surface area contributed by atoms with E-state index in [-0.39, 0.29) is 17.7 Å². The Balaban J connectivity index is 2.35. The van der Waals surface area contributed by atoms with Crippen molar-refractivity contribution in [1.29, 1.82) is 5.26 Å². The molecule has 0 saturated carbocycles. The highest BCUT2D eigenvalue weighted by atomic mass is 19.1. The Morgan fingerprint density at radius 1 is 1.44 bits per heavy atom. The van der Waals surface area contributed by atoms with Crippen LogP contribution in [0.25, 0.3) is 0 Å². The number of nitrogens with zero attached hydrogens (tertiary/aromatic N) is 3. The summed E-state index contributed by atoms with van der Waals surface area (Å²) in [5, 5.41) is 8.73. The number of hydrogen-bond donors (Lipinski definition) is 0. The van der Waals surface area contributed by atoms with Crippen molar-refractivity contribution in [2.75, 3.05) is 0 Å². The molecule has 0 N–H and O–H groups in total. The van der Waals surface area contributed by atoms with Gasteiger partial charge in [0.05, 0.1) is 18.4 Å². The molecule has 90 valence electrons. The van der Waals surface area contributed by atoms with E-state index < -0.39 is 5.82 Å². The fraction of sp³-hybridized carbons (Fsp3) is 0.154. The Labute approximate surface area is 103 Å². The molecule has 0 aliphatic carbocycles. The van der Waals surface area contributed by atoms with E-state index >= 15 is 0 Å². The monoisotopic (exact) mass is 243 g/mol. The normalized spacial score (nSPS) is 10.1. The lowest BCUT2D eigenvalue weighted by molar-refractivity contribution is 0.621. The zero-order valence-electron chi connectivity index (χ0n) is 9.72. The van der Waals surface area contributed by atoms with Crippen LogP contribution in [0.15, 0.2) is 35.4 Å². The third kappa shape index (κ3) is 2.43. The van der Waals surface area contributed by atoms with Crippen LogP contribution < -0.4 is 5.56 Å². The fourth-order valence-electron chi connectivity index (χ4n) is 1.59. The summed E-state index contributed by atoms with van der Waals surface area (Å²) in [7, 11) is 0. The molecule has 2 rings (SSSR count). The SMILES string of the molecule is Cc1cc(=O)n(Cc2ccc(F)c(C#N)c2)cn1. The average molecular weight is 243 g/mol. The molecular formula is C13H10FN3O. The molecule has 0 aliphatic rings. The number of benzene rings is 1. The minimum Gasteiger partial charge on any atom is -0.295 e. The standard InChI is InChI=1S/C13H10FN3O/c1-9-4-13(18)17(8-16-9)7-10-2-3-12(14)11(5-10)6-15/h2-5,8H,7H2,1H3. The third-order valence-electron chi connectivity index (χ3n) is 2.52. The van der Waals surface area contributed by atoms with Gasteiger partial charge in [-0.15, -0.1) is 0 Å². The second-order valence-corrected chi connectivity index (χ2v) is 3.92. The van der Waals surface area contributed by atoms with Gasteiger partial charge in [-0.2, -0.15) is 5.26 Å². The highest BCUT2D eigenvalue weighted by molar-refractivity contribution is 5.34. The summed E-state index contributed by atoms with van der Waals surface area (Å²) in [4.78, 5) is 15.7. The van der Waals surface area contributed by atoms with Crippen molar-refractivity contribution in [3.05, 3.63) is 63.6 Å². The molecule has 0 aliphatic heterocycles. The van der Waals surface area contributed by atoms with Crippen LogP contribution in [0.2, 0.25) is 0 Å². The van der Waals surface area contributed by atoms with Crippen molar-refractivity contribution in [2.24, 2.45) is 0 Å². The zero-order chi connectivity index (χ0) is 13.1. The Morgan fingerprint density at radius 3 is 2.89 bits per heavy atom. The second-order valence-electron chi connectivity index (χ2n) is 3.92. The molecule has 0 saturated heterocycles. The predicted molar refractivity (Wildman–Crippen MR) is 63.5 cm³/mol. The first kappa shape index (κ1) is 12.0. The van der Waals surface area contributed by atoms with E-state index in [1.54, 1.807) is 19.1 Å². The molecule has 1 aromatic heterocycles. The Kier molecular flexibility index (Phi) is 3.20. The minimum absolute atomic E-state index is 0.0272. The van der Waals surface area contributed by atoms with Crippen molar-refractivity contribution in [3.8, 4) is 6.07 Å². The summed E-state index contributed by atoms with van der Waals surface area (Å²) in [6.45, 7) is 2.00. The number of rotatable bonds is 2. The van der Waals surface area contributed by atoms with Gasteiger partial charge in [-0.1, -0.05) is 6.07 Å². The molecule has 5 heteroatoms. The van der Waals surface area contributed by atoms with Gasteiger partial charge in [-0.3, -0.25) is 9.36 Å². The molecule has 0 atom stereocenters. The summed E-state index contributed by atoms with van der Waals surface area (Å²) in [6.07, 6.45) is 1.44. The van der Waals surface area contributed by atoms with Crippen LogP contribution in [-0.2, 0) is 6.54 Å². The number of aryl methyl sites for hydroxylation is 1. The lowest BCUT2D eigenvalue weighted by Crippen LogP contribution is -2.20. The van der Waals surface area contributed by atoms with E-state index in [1.165, 1.54) is 29.1 Å². The van der Waals surface area contributed by atoms with Crippen LogP contribution in [-0.4, -0.2) is 9.55 Å². The number of hydrogen-bond acceptors (Lipinski definition) is 3. The molecule has 0 spiro atoms. The van der Waals surface area contributed by atoms with Gasteiger partial charge in [0.25, 0.3) is 5.56 Å². The molecule has 2 aromatic rings. The first-order valence-electron chi connectivity index (χ1n) is 5.32. The average Bonchev–Trinajstić information content (AvgIpc) is 2.35. The quantitative estimate of drug-likeness (QED) is 0.805. The predicted octanol–water partition coefficient (Wildman–Crippen LogP) is 1.61. The maximum absolute atomic E-state index is 13.1. The Morgan fingerprint density at radius 2 is 2.22 bits per heavy atom. The molecule has 1 aromatic carbocycles. The van der Waals surface area contributed by atoms with Crippen molar-refractivity contribution in [1.82, 2.24) is 9.55 Å². The van der Waals surface area contributed by atoms with Gasteiger partial charge in [0.1, 0.15) is 11.9 Å². The molecule has 1 heterocycles. The van der Waals surface area contributed by atoms with E-state index in [2.05, 4.69) is 4.98 Å². The molecule has 0 fully saturated rings. The topological polar surface area (TPSA) is 58.7 Å². The zero-order valence-corrected chi connectivity index (χ0v) is 9.72. The summed E-state index contributed by atoms with van der Waals surface area (Å²) in [5.74, 6) is -0.560. The van der Waals surface area contributed by atoms with Gasteiger partial charge >= 0.3 is 0 Å². The first-order valence-corrected chi connectivity index (χ1v) is 5.32. The van der Waals surface area contributed by atoms with Crippen LogP contribution in [0, 0.1) is 24.1 Å². The maximum atomic E-state index is 13.1. The van der Waals surface area contributed by atoms with Gasteiger partial charge in [0, 0.05) is 11.8 Å². The summed E-state index contributed by atoms with van der Waals surface area (Å²) < 4.78 is 14.5. The molecular weight excluding hydrogens is 233 g/mol. The van der Waals surface area contributed by atoms with Crippen molar-refractivity contribution in [2.45, 2.75) is 13.5 Å². The second kappa shape index (κ2) is 4.80. The molecule has 0 amide bonds. The van der Waals surface area contributed by atoms with Crippen LogP contribution in [0.5, 0.6) is 0 Å². The van der Waals surface area contributed by atoms with E-state index in [0.29, 0.717) is 11.3 Å². The van der Waals surface area contributed by atoms with Crippen molar-refractivity contribution < 1.29 is 4.39 Å². The van der Waals surface area contributed by atoms with Crippen LogP contribution in [0.1, 0.15) is 16.8 Å². The van der Waals surface area contributed by atoms with E-state index in [0.717, 1.165) is 0 Å². The minimum atomic E-state index is -0.560. The van der Waals surface area contributed by atoms with E-state index in [9.17, 15) is 9.18 Å². The van der Waals surface area contributed by atoms with Crippen molar-refractivity contribution in [3.63, 3.8) is 0 Å². The van der Waals surface area contributed by atoms with E-state index in [1.807, 2.05) is 0 Å². The van der Waals surface area contributed by atoms with Crippen LogP contribution >= 0.6 is 0 Å². The molecule has 0 unspecified atom stereocenters. The maximum Gasteiger partial charge on any atom is 0.253 e. The largest absolute Gasteiger partial charge is 0.295 e. The summed E-state index contributed by atoms with van der Waals surface area (Å²) in [6, 6.07) is 7.39.